The molecule has 3 aromatic carbocycles. The van der Waals surface area contributed by atoms with Crippen LogP contribution in [-0.2, 0) is 15.6 Å². The van der Waals surface area contributed by atoms with E-state index in [4.69, 9.17) is 5.10 Å². The molecule has 4 aromatic rings. The maximum Gasteiger partial charge on any atom is 0.324 e. The molecule has 1 atom stereocenters. The number of rotatable bonds is 8. The van der Waals surface area contributed by atoms with E-state index in [-0.39, 0.29) is 29.1 Å². The van der Waals surface area contributed by atoms with Crippen molar-refractivity contribution in [3.8, 4) is 5.69 Å². The van der Waals surface area contributed by atoms with Gasteiger partial charge in [0.2, 0.25) is 0 Å². The van der Waals surface area contributed by atoms with Crippen LogP contribution in [0.5, 0.6) is 0 Å². The molecule has 1 fully saturated rings. The van der Waals surface area contributed by atoms with Crippen molar-refractivity contribution in [1.82, 2.24) is 15.1 Å². The van der Waals surface area contributed by atoms with Crippen molar-refractivity contribution in [1.29, 1.82) is 0 Å². The Hall–Kier alpha value is -4.23. The molecule has 0 bridgehead atoms. The van der Waals surface area contributed by atoms with Crippen LogP contribution in [0.25, 0.3) is 5.69 Å². The fraction of sp³-hybridized carbons (Fsp3) is 0.378. The third kappa shape index (κ3) is 6.94. The SMILES string of the molecule is Cc1ccc(-n2nc(C(C)(C)C)cc2NC(=O)Nc2ccc(C(C(=O)C(C)(C)c3ccccc3)C3CCNCC3)cc2)cc1. The van der Waals surface area contributed by atoms with Crippen molar-refractivity contribution in [3.05, 3.63) is 107 Å². The number of benzene rings is 3. The van der Waals surface area contributed by atoms with Crippen LogP contribution in [0.15, 0.2) is 84.9 Å². The summed E-state index contributed by atoms with van der Waals surface area (Å²) in [5, 5.41) is 14.2. The smallest absolute Gasteiger partial charge is 0.317 e. The summed E-state index contributed by atoms with van der Waals surface area (Å²) in [5.41, 5.74) is 4.77. The predicted octanol–water partition coefficient (Wildman–Crippen LogP) is 7.75. The molecule has 1 saturated heterocycles. The molecule has 1 unspecified atom stereocenters. The minimum Gasteiger partial charge on any atom is -0.317 e. The lowest BCUT2D eigenvalue weighted by molar-refractivity contribution is -0.126. The summed E-state index contributed by atoms with van der Waals surface area (Å²) < 4.78 is 1.77. The largest absolute Gasteiger partial charge is 0.324 e. The van der Waals surface area contributed by atoms with E-state index in [1.807, 2.05) is 106 Å². The topological polar surface area (TPSA) is 88.1 Å². The third-order valence-corrected chi connectivity index (χ3v) is 8.77. The van der Waals surface area contributed by atoms with Crippen LogP contribution in [0.1, 0.15) is 75.8 Å². The molecule has 5 rings (SSSR count). The second-order valence-corrected chi connectivity index (χ2v) is 13.5. The van der Waals surface area contributed by atoms with Crippen LogP contribution in [-0.4, -0.2) is 34.7 Å². The van der Waals surface area contributed by atoms with E-state index >= 15 is 0 Å². The summed E-state index contributed by atoms with van der Waals surface area (Å²) in [6.07, 6.45) is 1.91. The molecular weight excluding hydrogens is 546 g/mol. The van der Waals surface area contributed by atoms with Gasteiger partial charge >= 0.3 is 6.03 Å². The van der Waals surface area contributed by atoms with Gasteiger partial charge in [0.25, 0.3) is 0 Å². The molecule has 7 heteroatoms. The highest BCUT2D eigenvalue weighted by atomic mass is 16.2. The Morgan fingerprint density at radius 2 is 1.50 bits per heavy atom. The zero-order valence-electron chi connectivity index (χ0n) is 26.8. The molecule has 7 nitrogen and oxygen atoms in total. The highest BCUT2D eigenvalue weighted by Crippen LogP contribution is 2.39. The average molecular weight is 592 g/mol. The predicted molar refractivity (Wildman–Crippen MR) is 179 cm³/mol. The van der Waals surface area contributed by atoms with E-state index in [9.17, 15) is 9.59 Å². The number of nitrogens with zero attached hydrogens (tertiary/aromatic N) is 2. The van der Waals surface area contributed by atoms with Gasteiger partial charge in [-0.2, -0.15) is 5.10 Å². The molecule has 0 radical (unpaired) electrons. The monoisotopic (exact) mass is 591 g/mol. The van der Waals surface area contributed by atoms with Gasteiger partial charge in [-0.1, -0.05) is 80.9 Å². The molecule has 44 heavy (non-hydrogen) atoms. The Kier molecular flexibility index (Phi) is 9.07. The molecule has 3 N–H and O–H groups in total. The maximum absolute atomic E-state index is 14.3. The summed E-state index contributed by atoms with van der Waals surface area (Å²) in [7, 11) is 0. The Labute approximate surface area is 261 Å². The van der Waals surface area contributed by atoms with Crippen LogP contribution in [0, 0.1) is 12.8 Å². The van der Waals surface area contributed by atoms with Crippen LogP contribution in [0.2, 0.25) is 0 Å². The zero-order valence-corrected chi connectivity index (χ0v) is 26.8. The van der Waals surface area contributed by atoms with Crippen LogP contribution >= 0.6 is 0 Å². The van der Waals surface area contributed by atoms with Crippen molar-refractivity contribution < 1.29 is 9.59 Å². The second kappa shape index (κ2) is 12.8. The lowest BCUT2D eigenvalue weighted by Gasteiger charge is -2.35. The molecule has 1 aliphatic heterocycles. The Balaban J connectivity index is 1.36. The van der Waals surface area contributed by atoms with Crippen LogP contribution < -0.4 is 16.0 Å². The summed E-state index contributed by atoms with van der Waals surface area (Å²) in [4.78, 5) is 27.5. The zero-order chi connectivity index (χ0) is 31.5. The van der Waals surface area contributed by atoms with Crippen molar-refractivity contribution in [2.24, 2.45) is 5.92 Å². The minimum atomic E-state index is -0.625. The first-order chi connectivity index (χ1) is 20.9. The summed E-state index contributed by atoms with van der Waals surface area (Å²) in [6.45, 7) is 14.2. The van der Waals surface area contributed by atoms with E-state index in [1.165, 1.54) is 0 Å². The normalized spacial score (nSPS) is 15.0. The van der Waals surface area contributed by atoms with Crippen molar-refractivity contribution >= 4 is 23.3 Å². The quantitative estimate of drug-likeness (QED) is 0.195. The number of nitrogens with one attached hydrogen (secondary N) is 3. The van der Waals surface area contributed by atoms with Gasteiger partial charge in [-0.25, -0.2) is 9.48 Å². The number of ketones is 1. The molecule has 230 valence electrons. The minimum absolute atomic E-state index is 0.184. The van der Waals surface area contributed by atoms with Gasteiger partial charge in [-0.15, -0.1) is 0 Å². The van der Waals surface area contributed by atoms with Crippen LogP contribution in [0.3, 0.4) is 0 Å². The van der Waals surface area contributed by atoms with E-state index in [0.717, 1.165) is 54.0 Å². The standard InChI is InChI=1S/C37H45N5O2/c1-25-12-18-30(19-13-25)42-32(24-31(41-42)36(2,3)4)40-35(44)39-29-16-14-26(15-17-29)33(27-20-22-38-23-21-27)34(43)37(5,6)28-10-8-7-9-11-28/h7-19,24,27,33,38H,20-23H2,1-6H3,(H2,39,40,44). The number of amides is 2. The van der Waals surface area contributed by atoms with E-state index in [1.54, 1.807) is 4.68 Å². The van der Waals surface area contributed by atoms with Crippen molar-refractivity contribution in [3.63, 3.8) is 0 Å². The first-order valence-electron chi connectivity index (χ1n) is 15.6. The van der Waals surface area contributed by atoms with Crippen molar-refractivity contribution in [2.45, 2.75) is 71.1 Å². The lowest BCUT2D eigenvalue weighted by atomic mass is 9.68. The van der Waals surface area contributed by atoms with E-state index in [0.29, 0.717) is 11.5 Å². The first-order valence-corrected chi connectivity index (χ1v) is 15.6. The number of Topliss-reactive ketones (excluding diaryl/α,β-unsaturated/α-hetero) is 1. The summed E-state index contributed by atoms with van der Waals surface area (Å²) >= 11 is 0. The number of carbonyl (C=O) groups excluding carboxylic acids is 2. The molecule has 0 saturated carbocycles. The van der Waals surface area contributed by atoms with E-state index < -0.39 is 5.41 Å². The number of piperidine rings is 1. The molecule has 2 amide bonds. The van der Waals surface area contributed by atoms with Gasteiger partial charge in [0.15, 0.2) is 5.78 Å². The summed E-state index contributed by atoms with van der Waals surface area (Å²) in [6, 6.07) is 27.4. The Morgan fingerprint density at radius 1 is 0.864 bits per heavy atom. The van der Waals surface area contributed by atoms with Gasteiger partial charge in [-0.05, 0) is 88.0 Å². The van der Waals surface area contributed by atoms with Crippen molar-refractivity contribution in [2.75, 3.05) is 23.7 Å². The molecule has 2 heterocycles. The van der Waals surface area contributed by atoms with E-state index in [2.05, 4.69) is 36.7 Å². The van der Waals surface area contributed by atoms with Gasteiger partial charge in [0.05, 0.1) is 11.4 Å². The number of urea groups is 1. The van der Waals surface area contributed by atoms with Gasteiger partial charge in [0, 0.05) is 28.5 Å². The highest BCUT2D eigenvalue weighted by Gasteiger charge is 2.40. The molecule has 1 aromatic heterocycles. The molecular formula is C37H45N5O2. The molecule has 1 aliphatic rings. The average Bonchev–Trinajstić information content (AvgIpc) is 3.44. The lowest BCUT2D eigenvalue weighted by Crippen LogP contribution is -2.40. The van der Waals surface area contributed by atoms with Crippen LogP contribution in [0.4, 0.5) is 16.3 Å². The number of aryl methyl sites for hydroxylation is 1. The number of hydrogen-bond acceptors (Lipinski definition) is 4. The highest BCUT2D eigenvalue weighted by molar-refractivity contribution is 5.99. The number of hydrogen-bond donors (Lipinski definition) is 3. The first kappa shape index (κ1) is 31.2. The third-order valence-electron chi connectivity index (χ3n) is 8.77. The fourth-order valence-electron chi connectivity index (χ4n) is 5.97. The van der Waals surface area contributed by atoms with Gasteiger partial charge < -0.3 is 10.6 Å². The second-order valence-electron chi connectivity index (χ2n) is 13.5. The molecule has 0 spiro atoms. The Bertz CT molecular complexity index is 1580. The Morgan fingerprint density at radius 3 is 2.11 bits per heavy atom. The number of aromatic nitrogens is 2. The van der Waals surface area contributed by atoms with Gasteiger partial charge in [-0.3, -0.25) is 10.1 Å². The number of carbonyl (C=O) groups is 2. The van der Waals surface area contributed by atoms with Gasteiger partial charge in [0.1, 0.15) is 5.82 Å². The molecule has 0 aliphatic carbocycles. The maximum atomic E-state index is 14.3. The summed E-state index contributed by atoms with van der Waals surface area (Å²) in [5.74, 6) is 0.850. The number of anilines is 2. The fourth-order valence-corrected chi connectivity index (χ4v) is 5.97.